The second kappa shape index (κ2) is 8.05. The highest BCUT2D eigenvalue weighted by Gasteiger charge is 2.25. The molecular weight excluding hydrogens is 365 g/mol. The molecule has 3 heterocycles. The molecule has 0 bridgehead atoms. The number of hydrogen-bond donors (Lipinski definition) is 1. The van der Waals surface area contributed by atoms with Crippen LogP contribution in [0, 0.1) is 5.82 Å². The predicted octanol–water partition coefficient (Wildman–Crippen LogP) is 3.57. The van der Waals surface area contributed by atoms with Crippen molar-refractivity contribution in [1.29, 1.82) is 0 Å². The highest BCUT2D eigenvalue weighted by molar-refractivity contribution is 5.64. The molecule has 1 aromatic heterocycles. The molecule has 5 nitrogen and oxygen atoms in total. The van der Waals surface area contributed by atoms with Crippen molar-refractivity contribution in [2.45, 2.75) is 38.4 Å². The van der Waals surface area contributed by atoms with Crippen LogP contribution in [0.25, 0.3) is 11.1 Å². The first kappa shape index (κ1) is 18.5. The third kappa shape index (κ3) is 3.95. The summed E-state index contributed by atoms with van der Waals surface area (Å²) >= 11 is 0. The Bertz CT molecular complexity index is 975. The number of fused-ring (bicyclic) bond motifs is 1. The molecule has 0 amide bonds. The average Bonchev–Trinajstić information content (AvgIpc) is 3.36. The average molecular weight is 391 g/mol. The molecule has 0 radical (unpaired) electrons. The smallest absolute Gasteiger partial charge is 0.150 e. The van der Waals surface area contributed by atoms with E-state index in [0.717, 1.165) is 68.3 Å². The van der Waals surface area contributed by atoms with E-state index in [1.54, 1.807) is 0 Å². The van der Waals surface area contributed by atoms with Crippen molar-refractivity contribution in [3.63, 3.8) is 0 Å². The number of nitrogens with one attached hydrogen (secondary N) is 1. The van der Waals surface area contributed by atoms with E-state index in [1.165, 1.54) is 24.1 Å². The zero-order chi connectivity index (χ0) is 19.6. The standard InChI is InChI=1S/C23H26FN5/c24-20-8-6-18(7-9-20)19-4-1-3-17(15-19)16-28-12-10-22-26-27-23(29(22)14-13-28)21-5-2-11-25-21/h1,3-4,6-9,15,21,25H,2,5,10-14,16H2. The molecule has 0 spiro atoms. The Kier molecular flexibility index (Phi) is 5.12. The molecular formula is C23H26FN5. The van der Waals surface area contributed by atoms with Gasteiger partial charge in [0.2, 0.25) is 0 Å². The van der Waals surface area contributed by atoms with E-state index in [2.05, 4.69) is 49.2 Å². The Balaban J connectivity index is 1.28. The first-order valence-corrected chi connectivity index (χ1v) is 10.5. The van der Waals surface area contributed by atoms with Crippen molar-refractivity contribution < 1.29 is 4.39 Å². The Morgan fingerprint density at radius 1 is 1.00 bits per heavy atom. The number of halogens is 1. The maximum absolute atomic E-state index is 13.2. The fraction of sp³-hybridized carbons (Fsp3) is 0.391. The van der Waals surface area contributed by atoms with Crippen LogP contribution in [0.5, 0.6) is 0 Å². The first-order valence-electron chi connectivity index (χ1n) is 10.5. The molecule has 150 valence electrons. The summed E-state index contributed by atoms with van der Waals surface area (Å²) in [6.07, 6.45) is 3.29. The summed E-state index contributed by atoms with van der Waals surface area (Å²) in [7, 11) is 0. The molecule has 1 atom stereocenters. The van der Waals surface area contributed by atoms with Gasteiger partial charge in [0.25, 0.3) is 0 Å². The summed E-state index contributed by atoms with van der Waals surface area (Å²) in [4.78, 5) is 2.49. The molecule has 1 saturated heterocycles. The van der Waals surface area contributed by atoms with Crippen LogP contribution in [0.3, 0.4) is 0 Å². The minimum Gasteiger partial charge on any atom is -0.312 e. The van der Waals surface area contributed by atoms with Crippen molar-refractivity contribution in [2.24, 2.45) is 0 Å². The molecule has 1 unspecified atom stereocenters. The fourth-order valence-electron chi connectivity index (χ4n) is 4.46. The summed E-state index contributed by atoms with van der Waals surface area (Å²) in [6, 6.07) is 15.6. The monoisotopic (exact) mass is 391 g/mol. The van der Waals surface area contributed by atoms with Gasteiger partial charge in [0.15, 0.2) is 0 Å². The fourth-order valence-corrected chi connectivity index (χ4v) is 4.46. The van der Waals surface area contributed by atoms with Crippen molar-refractivity contribution in [2.75, 3.05) is 19.6 Å². The van der Waals surface area contributed by atoms with E-state index < -0.39 is 0 Å². The van der Waals surface area contributed by atoms with Crippen LogP contribution in [0.15, 0.2) is 48.5 Å². The lowest BCUT2D eigenvalue weighted by atomic mass is 10.0. The van der Waals surface area contributed by atoms with Crippen molar-refractivity contribution >= 4 is 0 Å². The Morgan fingerprint density at radius 2 is 1.90 bits per heavy atom. The van der Waals surface area contributed by atoms with Crippen molar-refractivity contribution in [3.8, 4) is 11.1 Å². The van der Waals surface area contributed by atoms with Crippen LogP contribution in [0.4, 0.5) is 4.39 Å². The molecule has 2 aromatic carbocycles. The third-order valence-electron chi connectivity index (χ3n) is 6.03. The SMILES string of the molecule is Fc1ccc(-c2cccc(CN3CCc4nnc(C5CCCN5)n4CC3)c2)cc1. The van der Waals surface area contributed by atoms with Crippen LogP contribution in [-0.2, 0) is 19.5 Å². The molecule has 3 aromatic rings. The zero-order valence-corrected chi connectivity index (χ0v) is 16.5. The summed E-state index contributed by atoms with van der Waals surface area (Å²) in [6.45, 7) is 4.89. The number of nitrogens with zero attached hydrogens (tertiary/aromatic N) is 4. The quantitative estimate of drug-likeness (QED) is 0.739. The minimum absolute atomic E-state index is 0.200. The van der Waals surface area contributed by atoms with Gasteiger partial charge in [-0.1, -0.05) is 30.3 Å². The van der Waals surface area contributed by atoms with Crippen LogP contribution in [0.2, 0.25) is 0 Å². The summed E-state index contributed by atoms with van der Waals surface area (Å²) < 4.78 is 15.6. The first-order chi connectivity index (χ1) is 14.3. The maximum Gasteiger partial charge on any atom is 0.150 e. The van der Waals surface area contributed by atoms with E-state index in [0.29, 0.717) is 6.04 Å². The highest BCUT2D eigenvalue weighted by atomic mass is 19.1. The summed E-state index contributed by atoms with van der Waals surface area (Å²) in [5.74, 6) is 2.02. The normalized spacial score (nSPS) is 19.8. The lowest BCUT2D eigenvalue weighted by Crippen LogP contribution is -2.27. The number of aromatic nitrogens is 3. The lowest BCUT2D eigenvalue weighted by molar-refractivity contribution is 0.269. The zero-order valence-electron chi connectivity index (χ0n) is 16.5. The van der Waals surface area contributed by atoms with Crippen LogP contribution in [0.1, 0.15) is 36.1 Å². The number of hydrogen-bond acceptors (Lipinski definition) is 4. The largest absolute Gasteiger partial charge is 0.312 e. The molecule has 1 fully saturated rings. The van der Waals surface area contributed by atoms with E-state index in [-0.39, 0.29) is 5.82 Å². The van der Waals surface area contributed by atoms with Gasteiger partial charge in [-0.2, -0.15) is 0 Å². The van der Waals surface area contributed by atoms with Gasteiger partial charge in [-0.3, -0.25) is 4.90 Å². The van der Waals surface area contributed by atoms with Gasteiger partial charge >= 0.3 is 0 Å². The molecule has 1 N–H and O–H groups in total. The summed E-state index contributed by atoms with van der Waals surface area (Å²) in [5.41, 5.74) is 3.45. The summed E-state index contributed by atoms with van der Waals surface area (Å²) in [5, 5.41) is 12.5. The molecule has 5 rings (SSSR count). The maximum atomic E-state index is 13.2. The van der Waals surface area contributed by atoms with E-state index in [4.69, 9.17) is 0 Å². The van der Waals surface area contributed by atoms with Crippen molar-refractivity contribution in [1.82, 2.24) is 25.0 Å². The number of benzene rings is 2. The van der Waals surface area contributed by atoms with Gasteiger partial charge in [-0.25, -0.2) is 4.39 Å². The van der Waals surface area contributed by atoms with E-state index in [9.17, 15) is 4.39 Å². The Hall–Kier alpha value is -2.57. The van der Waals surface area contributed by atoms with Gasteiger partial charge in [0.05, 0.1) is 6.04 Å². The predicted molar refractivity (Wildman–Crippen MR) is 111 cm³/mol. The van der Waals surface area contributed by atoms with Gasteiger partial charge in [-0.05, 0) is 54.3 Å². The second-order valence-electron chi connectivity index (χ2n) is 8.01. The van der Waals surface area contributed by atoms with Crippen molar-refractivity contribution in [3.05, 3.63) is 71.6 Å². The van der Waals surface area contributed by atoms with E-state index >= 15 is 0 Å². The Labute approximate surface area is 170 Å². The van der Waals surface area contributed by atoms with Gasteiger partial charge < -0.3 is 9.88 Å². The van der Waals surface area contributed by atoms with E-state index in [1.807, 2.05) is 12.1 Å². The lowest BCUT2D eigenvalue weighted by Gasteiger charge is -2.20. The minimum atomic E-state index is -0.200. The van der Waals surface area contributed by atoms with Gasteiger partial charge in [-0.15, -0.1) is 10.2 Å². The molecule has 6 heteroatoms. The third-order valence-corrected chi connectivity index (χ3v) is 6.03. The number of rotatable bonds is 4. The van der Waals surface area contributed by atoms with Crippen LogP contribution in [-0.4, -0.2) is 39.3 Å². The highest BCUT2D eigenvalue weighted by Crippen LogP contribution is 2.24. The molecule has 0 saturated carbocycles. The van der Waals surface area contributed by atoms with Gasteiger partial charge in [0, 0.05) is 32.6 Å². The van der Waals surface area contributed by atoms with Crippen LogP contribution >= 0.6 is 0 Å². The van der Waals surface area contributed by atoms with Gasteiger partial charge in [0.1, 0.15) is 17.5 Å². The Morgan fingerprint density at radius 3 is 2.72 bits per heavy atom. The molecule has 2 aliphatic rings. The molecule has 2 aliphatic heterocycles. The van der Waals surface area contributed by atoms with Crippen LogP contribution < -0.4 is 5.32 Å². The molecule has 0 aliphatic carbocycles. The topological polar surface area (TPSA) is 46.0 Å². The molecule has 29 heavy (non-hydrogen) atoms. The second-order valence-corrected chi connectivity index (χ2v) is 8.01.